The Hall–Kier alpha value is -2.96. The Kier molecular flexibility index (Phi) is 7.26. The number of halogens is 1. The summed E-state index contributed by atoms with van der Waals surface area (Å²) in [5.41, 5.74) is 0.580. The summed E-state index contributed by atoms with van der Waals surface area (Å²) < 4.78 is 28.2. The highest BCUT2D eigenvalue weighted by atomic mass is 79.9. The maximum atomic E-state index is 11.9. The van der Waals surface area contributed by atoms with E-state index in [4.69, 9.17) is 23.0 Å². The highest BCUT2D eigenvalue weighted by molar-refractivity contribution is 9.10. The first-order chi connectivity index (χ1) is 16.0. The molecule has 0 atom stereocenters. The number of carboxylic acid groups (broad SMARTS) is 1. The Labute approximate surface area is 201 Å². The van der Waals surface area contributed by atoms with Gasteiger partial charge in [-0.1, -0.05) is 0 Å². The molecule has 1 N–H and O–H groups in total. The molecule has 0 spiro atoms. The highest BCUT2D eigenvalue weighted by Gasteiger charge is 2.21. The molecule has 1 fully saturated rings. The molecule has 12 heteroatoms. The van der Waals surface area contributed by atoms with Crippen LogP contribution in [0.2, 0.25) is 0 Å². The van der Waals surface area contributed by atoms with Crippen LogP contribution in [0.5, 0.6) is 11.5 Å². The van der Waals surface area contributed by atoms with E-state index in [0.29, 0.717) is 55.0 Å². The van der Waals surface area contributed by atoms with Crippen molar-refractivity contribution in [3.8, 4) is 23.0 Å². The number of hydrogen-bond donors (Lipinski definition) is 1. The first-order valence-electron chi connectivity index (χ1n) is 9.78. The molecule has 0 saturated carbocycles. The van der Waals surface area contributed by atoms with Crippen LogP contribution in [0.4, 0.5) is 5.88 Å². The maximum absolute atomic E-state index is 11.9. The predicted molar refractivity (Wildman–Crippen MR) is 124 cm³/mol. The van der Waals surface area contributed by atoms with Gasteiger partial charge in [0.1, 0.15) is 22.2 Å². The van der Waals surface area contributed by atoms with Crippen molar-refractivity contribution in [3.63, 3.8) is 0 Å². The number of carboxylic acids is 1. The van der Waals surface area contributed by atoms with E-state index in [9.17, 15) is 9.90 Å². The number of anilines is 1. The molecule has 0 bridgehead atoms. The summed E-state index contributed by atoms with van der Waals surface area (Å²) in [7, 11) is 3.07. The Morgan fingerprint density at radius 2 is 1.82 bits per heavy atom. The quantitative estimate of drug-likeness (QED) is 0.329. The third-order valence-electron chi connectivity index (χ3n) is 4.67. The van der Waals surface area contributed by atoms with E-state index in [-0.39, 0.29) is 16.0 Å². The van der Waals surface area contributed by atoms with Gasteiger partial charge in [-0.15, -0.1) is 10.2 Å². The zero-order valence-electron chi connectivity index (χ0n) is 17.7. The topological polar surface area (TPSA) is 120 Å². The zero-order valence-corrected chi connectivity index (χ0v) is 20.1. The Balaban J connectivity index is 1.56. The van der Waals surface area contributed by atoms with Crippen molar-refractivity contribution >= 4 is 45.6 Å². The summed E-state index contributed by atoms with van der Waals surface area (Å²) in [5.74, 6) is 1.18. The van der Waals surface area contributed by atoms with Crippen molar-refractivity contribution < 1.29 is 32.9 Å². The fourth-order valence-corrected chi connectivity index (χ4v) is 4.30. The number of hydrogen-bond acceptors (Lipinski definition) is 10. The average Bonchev–Trinajstić information content (AvgIpc) is 3.45. The third kappa shape index (κ3) is 5.52. The fraction of sp³-hybridized carbons (Fsp3) is 0.286. The predicted octanol–water partition coefficient (Wildman–Crippen LogP) is 4.16. The van der Waals surface area contributed by atoms with Crippen LogP contribution in [0.25, 0.3) is 17.5 Å². The molecule has 4 rings (SSSR count). The molecule has 0 radical (unpaired) electrons. The van der Waals surface area contributed by atoms with Gasteiger partial charge in [-0.2, -0.15) is 0 Å². The fourth-order valence-electron chi connectivity index (χ4n) is 3.09. The number of furan rings is 1. The van der Waals surface area contributed by atoms with Crippen molar-refractivity contribution in [1.29, 1.82) is 0 Å². The van der Waals surface area contributed by atoms with Crippen molar-refractivity contribution in [1.82, 2.24) is 10.2 Å². The lowest BCUT2D eigenvalue weighted by Crippen LogP contribution is -2.36. The summed E-state index contributed by atoms with van der Waals surface area (Å²) >= 11 is 4.31. The minimum atomic E-state index is -1.15. The second-order valence-electron chi connectivity index (χ2n) is 6.79. The number of benzene rings is 1. The lowest BCUT2D eigenvalue weighted by Gasteiger charge is -2.26. The number of rotatable bonds is 8. The number of nitrogens with zero attached hydrogens (tertiary/aromatic N) is 3. The van der Waals surface area contributed by atoms with Crippen molar-refractivity contribution in [2.24, 2.45) is 0 Å². The summed E-state index contributed by atoms with van der Waals surface area (Å²) in [6.07, 6.45) is 1.42. The van der Waals surface area contributed by atoms with Crippen LogP contribution < -0.4 is 14.4 Å². The number of thioether (sulfide) groups is 1. The molecule has 33 heavy (non-hydrogen) atoms. The van der Waals surface area contributed by atoms with E-state index in [2.05, 4.69) is 26.1 Å². The molecule has 2 aromatic heterocycles. The molecule has 1 aliphatic heterocycles. The van der Waals surface area contributed by atoms with E-state index in [1.807, 2.05) is 4.90 Å². The Bertz CT molecular complexity index is 1150. The van der Waals surface area contributed by atoms with Gasteiger partial charge in [-0.3, -0.25) is 0 Å². The number of morpholine rings is 1. The van der Waals surface area contributed by atoms with Crippen LogP contribution in [0.1, 0.15) is 5.76 Å². The van der Waals surface area contributed by atoms with Gasteiger partial charge in [0.25, 0.3) is 5.22 Å². The van der Waals surface area contributed by atoms with Crippen LogP contribution in [0, 0.1) is 0 Å². The molecule has 3 heterocycles. The smallest absolute Gasteiger partial charge is 0.342 e. The van der Waals surface area contributed by atoms with Gasteiger partial charge < -0.3 is 33.1 Å². The third-order valence-corrected chi connectivity index (χ3v) is 6.09. The highest BCUT2D eigenvalue weighted by Crippen LogP contribution is 2.35. The molecule has 3 aromatic rings. The molecule has 1 aromatic carbocycles. The standard InChI is InChI=1S/C21H20BrN3O7S/c1-28-13-7-12(8-14(9-13)29-2)18-23-24-21(32-18)33-17(20(26)27)11-15-10-16(22)19(31-15)25-3-5-30-6-4-25/h7-11H,3-6H2,1-2H3,(H,26,27)/b17-11-. The first kappa shape index (κ1) is 23.2. The summed E-state index contributed by atoms with van der Waals surface area (Å²) in [4.78, 5) is 13.8. The van der Waals surface area contributed by atoms with Crippen molar-refractivity contribution in [2.75, 3.05) is 45.4 Å². The molecule has 1 aliphatic rings. The second-order valence-corrected chi connectivity index (χ2v) is 8.64. The van der Waals surface area contributed by atoms with Crippen molar-refractivity contribution in [2.45, 2.75) is 5.22 Å². The van der Waals surface area contributed by atoms with Crippen LogP contribution in [-0.4, -0.2) is 61.8 Å². The van der Waals surface area contributed by atoms with E-state index in [1.54, 1.807) is 24.3 Å². The van der Waals surface area contributed by atoms with E-state index in [1.165, 1.54) is 20.3 Å². The van der Waals surface area contributed by atoms with Gasteiger partial charge in [-0.05, 0) is 39.8 Å². The van der Waals surface area contributed by atoms with Crippen LogP contribution >= 0.6 is 27.7 Å². The minimum Gasteiger partial charge on any atom is -0.497 e. The Morgan fingerprint density at radius 3 is 2.45 bits per heavy atom. The maximum Gasteiger partial charge on any atom is 0.342 e. The van der Waals surface area contributed by atoms with Gasteiger partial charge in [0, 0.05) is 36.9 Å². The lowest BCUT2D eigenvalue weighted by atomic mass is 10.2. The summed E-state index contributed by atoms with van der Waals surface area (Å²) in [6, 6.07) is 6.86. The van der Waals surface area contributed by atoms with Gasteiger partial charge in [-0.25, -0.2) is 4.79 Å². The molecule has 174 valence electrons. The zero-order chi connectivity index (χ0) is 23.4. The monoisotopic (exact) mass is 537 g/mol. The molecule has 10 nitrogen and oxygen atoms in total. The normalized spacial score (nSPS) is 14.4. The number of carbonyl (C=O) groups is 1. The number of aromatic nitrogens is 2. The van der Waals surface area contributed by atoms with Crippen LogP contribution in [-0.2, 0) is 9.53 Å². The van der Waals surface area contributed by atoms with Gasteiger partial charge in [0.15, 0.2) is 0 Å². The number of methoxy groups -OCH3 is 2. The molecule has 0 aliphatic carbocycles. The SMILES string of the molecule is COc1cc(OC)cc(-c2nnc(S/C(=C\c3cc(Br)c(N4CCOCC4)o3)C(=O)O)o2)c1. The van der Waals surface area contributed by atoms with Crippen molar-refractivity contribution in [3.05, 3.63) is 39.4 Å². The molecule has 0 unspecified atom stereocenters. The van der Waals surface area contributed by atoms with Crippen LogP contribution in [0.15, 0.2) is 47.7 Å². The summed E-state index contributed by atoms with van der Waals surface area (Å²) in [5, 5.41) is 17.7. The largest absolute Gasteiger partial charge is 0.497 e. The average molecular weight is 538 g/mol. The first-order valence-corrected chi connectivity index (χ1v) is 11.4. The Morgan fingerprint density at radius 1 is 1.12 bits per heavy atom. The van der Waals surface area contributed by atoms with E-state index in [0.717, 1.165) is 16.2 Å². The molecular weight excluding hydrogens is 518 g/mol. The summed E-state index contributed by atoms with van der Waals surface area (Å²) in [6.45, 7) is 2.59. The van der Waals surface area contributed by atoms with E-state index < -0.39 is 5.97 Å². The van der Waals surface area contributed by atoms with Gasteiger partial charge in [0.05, 0.1) is 31.9 Å². The van der Waals surface area contributed by atoms with Gasteiger partial charge >= 0.3 is 5.97 Å². The molecule has 1 saturated heterocycles. The lowest BCUT2D eigenvalue weighted by molar-refractivity contribution is -0.131. The van der Waals surface area contributed by atoms with E-state index >= 15 is 0 Å². The number of aliphatic carboxylic acids is 1. The number of ether oxygens (including phenoxy) is 3. The van der Waals surface area contributed by atoms with Gasteiger partial charge in [0.2, 0.25) is 11.8 Å². The molecule has 0 amide bonds. The van der Waals surface area contributed by atoms with Crippen LogP contribution in [0.3, 0.4) is 0 Å². The minimum absolute atomic E-state index is 0.0387. The molecular formula is C21H20BrN3O7S. The second kappa shape index (κ2) is 10.3.